The summed E-state index contributed by atoms with van der Waals surface area (Å²) >= 11 is 0. The van der Waals surface area contributed by atoms with Gasteiger partial charge in [-0.15, -0.1) is 0 Å². The lowest BCUT2D eigenvalue weighted by Crippen LogP contribution is -2.46. The van der Waals surface area contributed by atoms with E-state index >= 15 is 0 Å². The molecule has 1 aromatic rings. The van der Waals surface area contributed by atoms with E-state index in [-0.39, 0.29) is 11.6 Å². The zero-order chi connectivity index (χ0) is 15.1. The molecule has 0 aromatic heterocycles. The second kappa shape index (κ2) is 7.81. The van der Waals surface area contributed by atoms with Crippen LogP contribution >= 0.6 is 0 Å². The monoisotopic (exact) mass is 291 g/mol. The molecule has 3 nitrogen and oxygen atoms in total. The van der Waals surface area contributed by atoms with Gasteiger partial charge >= 0.3 is 0 Å². The second-order valence-corrected chi connectivity index (χ2v) is 5.98. The van der Waals surface area contributed by atoms with E-state index in [0.717, 1.165) is 31.7 Å². The van der Waals surface area contributed by atoms with Crippen LogP contribution in [0.1, 0.15) is 58.1 Å². The van der Waals surface area contributed by atoms with Gasteiger partial charge in [0, 0.05) is 12.2 Å². The van der Waals surface area contributed by atoms with Crippen LogP contribution in [0.3, 0.4) is 0 Å². The number of ether oxygens (including phenoxy) is 2. The highest BCUT2D eigenvalue weighted by molar-refractivity contribution is 5.37. The number of rotatable bonds is 7. The fraction of sp³-hybridized carbons (Fsp3) is 0.667. The van der Waals surface area contributed by atoms with Gasteiger partial charge in [0.25, 0.3) is 0 Å². The molecule has 1 fully saturated rings. The smallest absolute Gasteiger partial charge is 0.124 e. The third-order valence-electron chi connectivity index (χ3n) is 4.24. The van der Waals surface area contributed by atoms with Gasteiger partial charge in [-0.3, -0.25) is 0 Å². The first-order chi connectivity index (χ1) is 10.2. The van der Waals surface area contributed by atoms with E-state index in [0.29, 0.717) is 6.61 Å². The third kappa shape index (κ3) is 3.98. The Labute approximate surface area is 129 Å². The van der Waals surface area contributed by atoms with Crippen molar-refractivity contribution in [3.8, 4) is 5.75 Å². The molecule has 1 aliphatic rings. The molecule has 2 unspecified atom stereocenters. The summed E-state index contributed by atoms with van der Waals surface area (Å²) in [7, 11) is 0. The standard InChI is InChI=1S/C18H29NO2/c1-4-13-19-17(18(3)12-8-9-14-21-18)15-10-6-7-11-16(15)20-5-2/h6-7,10-11,17,19H,4-5,8-9,12-14H2,1-3H3. The van der Waals surface area contributed by atoms with Crippen molar-refractivity contribution in [3.05, 3.63) is 29.8 Å². The molecule has 3 heteroatoms. The van der Waals surface area contributed by atoms with Crippen LogP contribution in [0.5, 0.6) is 5.75 Å². The summed E-state index contributed by atoms with van der Waals surface area (Å²) in [4.78, 5) is 0. The topological polar surface area (TPSA) is 30.5 Å². The van der Waals surface area contributed by atoms with Crippen molar-refractivity contribution in [2.24, 2.45) is 0 Å². The predicted molar refractivity (Wildman–Crippen MR) is 86.9 cm³/mol. The van der Waals surface area contributed by atoms with Crippen LogP contribution in [0.15, 0.2) is 24.3 Å². The summed E-state index contributed by atoms with van der Waals surface area (Å²) in [5.41, 5.74) is 1.07. The van der Waals surface area contributed by atoms with Crippen molar-refractivity contribution in [2.45, 2.75) is 58.1 Å². The third-order valence-corrected chi connectivity index (χ3v) is 4.24. The zero-order valence-corrected chi connectivity index (χ0v) is 13.7. The Balaban J connectivity index is 2.30. The summed E-state index contributed by atoms with van der Waals surface area (Å²) in [5, 5.41) is 3.69. The van der Waals surface area contributed by atoms with Crippen molar-refractivity contribution < 1.29 is 9.47 Å². The summed E-state index contributed by atoms with van der Waals surface area (Å²) in [6.07, 6.45) is 4.61. The fourth-order valence-electron chi connectivity index (χ4n) is 3.13. The SMILES string of the molecule is CCCNC(c1ccccc1OCC)C1(C)CCCCO1. The van der Waals surface area contributed by atoms with E-state index < -0.39 is 0 Å². The van der Waals surface area contributed by atoms with Crippen LogP contribution in [0.25, 0.3) is 0 Å². The van der Waals surface area contributed by atoms with Gasteiger partial charge in [-0.25, -0.2) is 0 Å². The van der Waals surface area contributed by atoms with Crippen LogP contribution in [-0.2, 0) is 4.74 Å². The van der Waals surface area contributed by atoms with Gasteiger partial charge in [0.05, 0.1) is 18.2 Å². The van der Waals surface area contributed by atoms with Crippen molar-refractivity contribution in [1.29, 1.82) is 0 Å². The van der Waals surface area contributed by atoms with E-state index in [2.05, 4.69) is 37.4 Å². The number of para-hydroxylation sites is 1. The molecule has 1 saturated heterocycles. The molecule has 2 rings (SSSR count). The zero-order valence-electron chi connectivity index (χ0n) is 13.7. The first-order valence-corrected chi connectivity index (χ1v) is 8.30. The molecular weight excluding hydrogens is 262 g/mol. The van der Waals surface area contributed by atoms with Crippen molar-refractivity contribution in [2.75, 3.05) is 19.8 Å². The van der Waals surface area contributed by atoms with Crippen LogP contribution < -0.4 is 10.1 Å². The van der Waals surface area contributed by atoms with E-state index in [4.69, 9.17) is 9.47 Å². The van der Waals surface area contributed by atoms with Crippen molar-refractivity contribution in [1.82, 2.24) is 5.32 Å². The maximum Gasteiger partial charge on any atom is 0.124 e. The molecule has 0 amide bonds. The Hall–Kier alpha value is -1.06. The Morgan fingerprint density at radius 3 is 2.76 bits per heavy atom. The Morgan fingerprint density at radius 2 is 2.10 bits per heavy atom. The van der Waals surface area contributed by atoms with E-state index in [1.807, 2.05) is 13.0 Å². The molecule has 0 bridgehead atoms. The van der Waals surface area contributed by atoms with Gasteiger partial charge in [-0.2, -0.15) is 0 Å². The molecule has 0 aliphatic carbocycles. The van der Waals surface area contributed by atoms with Gasteiger partial charge in [0.15, 0.2) is 0 Å². The van der Waals surface area contributed by atoms with Gasteiger partial charge in [0.1, 0.15) is 5.75 Å². The molecule has 1 heterocycles. The lowest BCUT2D eigenvalue weighted by atomic mass is 9.83. The average molecular weight is 291 g/mol. The van der Waals surface area contributed by atoms with Crippen molar-refractivity contribution >= 4 is 0 Å². The summed E-state index contributed by atoms with van der Waals surface area (Å²) in [6.45, 7) is 9.01. The van der Waals surface area contributed by atoms with E-state index in [1.54, 1.807) is 0 Å². The minimum absolute atomic E-state index is 0.152. The first kappa shape index (κ1) is 16.3. The highest BCUT2D eigenvalue weighted by atomic mass is 16.5. The summed E-state index contributed by atoms with van der Waals surface area (Å²) < 4.78 is 12.0. The summed E-state index contributed by atoms with van der Waals surface area (Å²) in [6, 6.07) is 8.54. The number of nitrogens with one attached hydrogen (secondary N) is 1. The minimum atomic E-state index is -0.152. The average Bonchev–Trinajstić information content (AvgIpc) is 2.50. The molecule has 0 radical (unpaired) electrons. The molecule has 0 saturated carbocycles. The van der Waals surface area contributed by atoms with Crippen molar-refractivity contribution in [3.63, 3.8) is 0 Å². The van der Waals surface area contributed by atoms with E-state index in [1.165, 1.54) is 18.4 Å². The Bertz CT molecular complexity index is 427. The lowest BCUT2D eigenvalue weighted by molar-refractivity contribution is -0.0901. The Kier molecular flexibility index (Phi) is 6.07. The van der Waals surface area contributed by atoms with Gasteiger partial charge < -0.3 is 14.8 Å². The minimum Gasteiger partial charge on any atom is -0.494 e. The quantitative estimate of drug-likeness (QED) is 0.821. The molecule has 2 atom stereocenters. The van der Waals surface area contributed by atoms with Gasteiger partial charge in [-0.1, -0.05) is 25.1 Å². The number of hydrogen-bond donors (Lipinski definition) is 1. The summed E-state index contributed by atoms with van der Waals surface area (Å²) in [5.74, 6) is 0.976. The predicted octanol–water partition coefficient (Wildman–Crippen LogP) is 4.09. The van der Waals surface area contributed by atoms with Gasteiger partial charge in [-0.05, 0) is 52.1 Å². The molecular formula is C18H29NO2. The van der Waals surface area contributed by atoms with Crippen LogP contribution in [0, 0.1) is 0 Å². The number of benzene rings is 1. The van der Waals surface area contributed by atoms with Crippen LogP contribution in [0.4, 0.5) is 0 Å². The normalized spacial score (nSPS) is 23.8. The molecule has 1 N–H and O–H groups in total. The van der Waals surface area contributed by atoms with E-state index in [9.17, 15) is 0 Å². The van der Waals surface area contributed by atoms with Crippen LogP contribution in [-0.4, -0.2) is 25.4 Å². The number of hydrogen-bond acceptors (Lipinski definition) is 3. The Morgan fingerprint density at radius 1 is 1.29 bits per heavy atom. The fourth-order valence-corrected chi connectivity index (χ4v) is 3.13. The molecule has 1 aromatic carbocycles. The lowest BCUT2D eigenvalue weighted by Gasteiger charge is -2.41. The maximum atomic E-state index is 6.19. The van der Waals surface area contributed by atoms with Crippen LogP contribution in [0.2, 0.25) is 0 Å². The maximum absolute atomic E-state index is 6.19. The first-order valence-electron chi connectivity index (χ1n) is 8.30. The molecule has 1 aliphatic heterocycles. The molecule has 118 valence electrons. The highest BCUT2D eigenvalue weighted by Crippen LogP contribution is 2.39. The highest BCUT2D eigenvalue weighted by Gasteiger charge is 2.38. The largest absolute Gasteiger partial charge is 0.494 e. The molecule has 0 spiro atoms. The second-order valence-electron chi connectivity index (χ2n) is 5.98. The molecule has 21 heavy (non-hydrogen) atoms. The van der Waals surface area contributed by atoms with Gasteiger partial charge in [0.2, 0.25) is 0 Å².